The van der Waals surface area contributed by atoms with Crippen LogP contribution < -0.4 is 21.3 Å². The smallest absolute Gasteiger partial charge is 0.267 e. The summed E-state index contributed by atoms with van der Waals surface area (Å²) in [5.74, 6) is -0.518. The molecule has 0 saturated heterocycles. The largest absolute Gasteiger partial charge is 0.497 e. The van der Waals surface area contributed by atoms with E-state index in [2.05, 4.69) is 10.4 Å². The molecule has 2 aromatic carbocycles. The third kappa shape index (κ3) is 4.24. The molecular weight excluding hydrogens is 360 g/mol. The predicted octanol–water partition coefficient (Wildman–Crippen LogP) is 1.66. The molecule has 1 heterocycles. The topological polar surface area (TPSA) is 116 Å². The summed E-state index contributed by atoms with van der Waals surface area (Å²) in [7, 11) is 1.56. The van der Waals surface area contributed by atoms with Gasteiger partial charge in [0.05, 0.1) is 24.1 Å². The van der Waals surface area contributed by atoms with Crippen molar-refractivity contribution in [3.8, 4) is 17.0 Å². The van der Waals surface area contributed by atoms with Crippen LogP contribution >= 0.6 is 0 Å². The molecule has 8 nitrogen and oxygen atoms in total. The predicted molar refractivity (Wildman–Crippen MR) is 104 cm³/mol. The number of carbonyl (C=O) groups excluding carboxylic acids is 2. The van der Waals surface area contributed by atoms with Gasteiger partial charge in [0, 0.05) is 11.6 Å². The fraction of sp³-hybridized carbons (Fsp3) is 0.100. The molecule has 3 N–H and O–H groups in total. The van der Waals surface area contributed by atoms with Crippen molar-refractivity contribution in [1.82, 2.24) is 9.78 Å². The van der Waals surface area contributed by atoms with Gasteiger partial charge in [-0.1, -0.05) is 24.3 Å². The maximum absolute atomic E-state index is 12.4. The highest BCUT2D eigenvalue weighted by Crippen LogP contribution is 2.21. The number of methoxy groups -OCH3 is 1. The monoisotopic (exact) mass is 378 g/mol. The lowest BCUT2D eigenvalue weighted by Crippen LogP contribution is -2.30. The number of rotatable bonds is 6. The van der Waals surface area contributed by atoms with Gasteiger partial charge in [-0.2, -0.15) is 5.10 Å². The lowest BCUT2D eigenvalue weighted by Gasteiger charge is -2.10. The number of nitrogens with two attached hydrogens (primary N) is 1. The van der Waals surface area contributed by atoms with Crippen molar-refractivity contribution in [2.75, 3.05) is 12.4 Å². The first-order chi connectivity index (χ1) is 13.5. The molecule has 142 valence electrons. The van der Waals surface area contributed by atoms with Crippen molar-refractivity contribution in [2.45, 2.75) is 6.54 Å². The summed E-state index contributed by atoms with van der Waals surface area (Å²) in [6.07, 6.45) is 0. The van der Waals surface area contributed by atoms with Crippen molar-refractivity contribution < 1.29 is 14.3 Å². The molecule has 3 rings (SSSR count). The lowest BCUT2D eigenvalue weighted by molar-refractivity contribution is -0.117. The van der Waals surface area contributed by atoms with E-state index in [0.29, 0.717) is 11.4 Å². The van der Waals surface area contributed by atoms with Crippen molar-refractivity contribution in [3.05, 3.63) is 76.6 Å². The third-order valence-electron chi connectivity index (χ3n) is 3.99. The second-order valence-electron chi connectivity index (χ2n) is 5.90. The van der Waals surface area contributed by atoms with E-state index in [4.69, 9.17) is 10.5 Å². The Labute approximate surface area is 160 Å². The Morgan fingerprint density at radius 3 is 2.64 bits per heavy atom. The molecule has 0 aliphatic rings. The number of para-hydroxylation sites is 1. The molecular formula is C20H18N4O4. The number of carbonyl (C=O) groups is 2. The van der Waals surface area contributed by atoms with Crippen LogP contribution in [-0.4, -0.2) is 28.7 Å². The summed E-state index contributed by atoms with van der Waals surface area (Å²) < 4.78 is 6.25. The summed E-state index contributed by atoms with van der Waals surface area (Å²) in [6, 6.07) is 16.5. The summed E-state index contributed by atoms with van der Waals surface area (Å²) in [4.78, 5) is 35.9. The Morgan fingerprint density at radius 2 is 1.89 bits per heavy atom. The van der Waals surface area contributed by atoms with Gasteiger partial charge in [0.1, 0.15) is 12.3 Å². The number of benzene rings is 2. The van der Waals surface area contributed by atoms with Crippen LogP contribution in [0, 0.1) is 0 Å². The summed E-state index contributed by atoms with van der Waals surface area (Å²) >= 11 is 0. The molecule has 0 bridgehead atoms. The molecule has 8 heteroatoms. The standard InChI is InChI=1S/C20H18N4O4/c1-28-14-6-4-5-13(11-14)16-9-10-19(26)24(23-16)12-18(25)22-17-8-3-2-7-15(17)20(21)27/h2-11H,12H2,1H3,(H2,21,27)(H,22,25). The lowest BCUT2D eigenvalue weighted by atomic mass is 10.1. The van der Waals surface area contributed by atoms with E-state index in [-0.39, 0.29) is 17.8 Å². The zero-order valence-corrected chi connectivity index (χ0v) is 15.1. The minimum atomic E-state index is -0.661. The molecule has 0 radical (unpaired) electrons. The highest BCUT2D eigenvalue weighted by atomic mass is 16.5. The third-order valence-corrected chi connectivity index (χ3v) is 3.99. The van der Waals surface area contributed by atoms with Gasteiger partial charge in [-0.25, -0.2) is 4.68 Å². The Kier molecular flexibility index (Phi) is 5.50. The van der Waals surface area contributed by atoms with Gasteiger partial charge in [-0.3, -0.25) is 14.4 Å². The summed E-state index contributed by atoms with van der Waals surface area (Å²) in [5, 5.41) is 6.84. The number of amides is 2. The number of anilines is 1. The van der Waals surface area contributed by atoms with Gasteiger partial charge in [-0.15, -0.1) is 0 Å². The zero-order chi connectivity index (χ0) is 20.1. The van der Waals surface area contributed by atoms with Crippen LogP contribution in [0.3, 0.4) is 0 Å². The van der Waals surface area contributed by atoms with Gasteiger partial charge in [0.2, 0.25) is 5.91 Å². The van der Waals surface area contributed by atoms with Crippen LogP contribution in [0.4, 0.5) is 5.69 Å². The molecule has 0 atom stereocenters. The minimum Gasteiger partial charge on any atom is -0.497 e. The van der Waals surface area contributed by atoms with Gasteiger partial charge in [-0.05, 0) is 30.3 Å². The first kappa shape index (κ1) is 18.8. The second kappa shape index (κ2) is 8.17. The van der Waals surface area contributed by atoms with Crippen LogP contribution in [0.5, 0.6) is 5.75 Å². The number of hydrogen-bond acceptors (Lipinski definition) is 5. The van der Waals surface area contributed by atoms with E-state index in [0.717, 1.165) is 10.2 Å². The fourth-order valence-corrected chi connectivity index (χ4v) is 2.63. The first-order valence-electron chi connectivity index (χ1n) is 8.39. The Hall–Kier alpha value is -3.94. The maximum atomic E-state index is 12.4. The molecule has 0 unspecified atom stereocenters. The fourth-order valence-electron chi connectivity index (χ4n) is 2.63. The number of aromatic nitrogens is 2. The number of primary amides is 1. The molecule has 0 aliphatic carbocycles. The molecule has 1 aromatic heterocycles. The van der Waals surface area contributed by atoms with Gasteiger partial charge in [0.25, 0.3) is 11.5 Å². The van der Waals surface area contributed by atoms with Crippen molar-refractivity contribution >= 4 is 17.5 Å². The summed E-state index contributed by atoms with van der Waals surface area (Å²) in [5.41, 5.74) is 6.60. The molecule has 28 heavy (non-hydrogen) atoms. The van der Waals surface area contributed by atoms with Gasteiger partial charge < -0.3 is 15.8 Å². The zero-order valence-electron chi connectivity index (χ0n) is 15.1. The van der Waals surface area contributed by atoms with Crippen LogP contribution in [-0.2, 0) is 11.3 Å². The first-order valence-corrected chi connectivity index (χ1v) is 8.39. The Morgan fingerprint density at radius 1 is 1.11 bits per heavy atom. The minimum absolute atomic E-state index is 0.182. The average molecular weight is 378 g/mol. The van der Waals surface area contributed by atoms with Crippen LogP contribution in [0.2, 0.25) is 0 Å². The highest BCUT2D eigenvalue weighted by molar-refractivity contribution is 6.02. The molecule has 2 amide bonds. The van der Waals surface area contributed by atoms with Crippen LogP contribution in [0.25, 0.3) is 11.3 Å². The average Bonchev–Trinajstić information content (AvgIpc) is 2.70. The molecule has 0 fully saturated rings. The Bertz CT molecular complexity index is 1090. The Balaban J connectivity index is 1.83. The molecule has 0 saturated carbocycles. The molecule has 0 aliphatic heterocycles. The van der Waals surface area contributed by atoms with Gasteiger partial charge in [0.15, 0.2) is 0 Å². The number of nitrogens with one attached hydrogen (secondary N) is 1. The number of ether oxygens (including phenoxy) is 1. The SMILES string of the molecule is COc1cccc(-c2ccc(=O)n(CC(=O)Nc3ccccc3C(N)=O)n2)c1. The van der Waals surface area contributed by atoms with E-state index in [1.54, 1.807) is 49.6 Å². The molecule has 3 aromatic rings. The van der Waals surface area contributed by atoms with Crippen molar-refractivity contribution in [2.24, 2.45) is 5.73 Å². The second-order valence-corrected chi connectivity index (χ2v) is 5.90. The normalized spacial score (nSPS) is 10.3. The van der Waals surface area contributed by atoms with E-state index in [1.165, 1.54) is 12.1 Å². The van der Waals surface area contributed by atoms with E-state index < -0.39 is 17.4 Å². The van der Waals surface area contributed by atoms with Gasteiger partial charge >= 0.3 is 0 Å². The number of hydrogen-bond donors (Lipinski definition) is 2. The van der Waals surface area contributed by atoms with E-state index in [1.807, 2.05) is 6.07 Å². The maximum Gasteiger partial charge on any atom is 0.267 e. The quantitative estimate of drug-likeness (QED) is 0.677. The van der Waals surface area contributed by atoms with Crippen molar-refractivity contribution in [3.63, 3.8) is 0 Å². The highest BCUT2D eigenvalue weighted by Gasteiger charge is 2.12. The van der Waals surface area contributed by atoms with E-state index in [9.17, 15) is 14.4 Å². The van der Waals surface area contributed by atoms with E-state index >= 15 is 0 Å². The van der Waals surface area contributed by atoms with Crippen LogP contribution in [0.1, 0.15) is 10.4 Å². The summed E-state index contributed by atoms with van der Waals surface area (Å²) in [6.45, 7) is -0.316. The number of nitrogens with zero attached hydrogens (tertiary/aromatic N) is 2. The molecule has 0 spiro atoms. The van der Waals surface area contributed by atoms with Crippen LogP contribution in [0.15, 0.2) is 65.5 Å². The van der Waals surface area contributed by atoms with Crippen molar-refractivity contribution in [1.29, 1.82) is 0 Å².